The van der Waals surface area contributed by atoms with Crippen molar-refractivity contribution in [1.29, 1.82) is 0 Å². The van der Waals surface area contributed by atoms with E-state index < -0.39 is 15.6 Å². The van der Waals surface area contributed by atoms with E-state index >= 15 is 0 Å². The van der Waals surface area contributed by atoms with Gasteiger partial charge >= 0.3 is 0 Å². The summed E-state index contributed by atoms with van der Waals surface area (Å²) in [6.45, 7) is 5.11. The van der Waals surface area contributed by atoms with Gasteiger partial charge < -0.3 is 10.0 Å². The molecule has 0 radical (unpaired) electrons. The maximum absolute atomic E-state index is 12.2. The number of nitrogens with zero attached hydrogens (tertiary/aromatic N) is 1. The second-order valence-electron chi connectivity index (χ2n) is 5.30. The summed E-state index contributed by atoms with van der Waals surface area (Å²) in [5.41, 5.74) is -0.0155. The number of nitrogens with one attached hydrogen (secondary N) is 1. The summed E-state index contributed by atoms with van der Waals surface area (Å²) >= 11 is 0. The highest BCUT2D eigenvalue weighted by atomic mass is 32.2. The van der Waals surface area contributed by atoms with Crippen molar-refractivity contribution in [3.63, 3.8) is 0 Å². The van der Waals surface area contributed by atoms with Crippen LogP contribution in [0.3, 0.4) is 0 Å². The molecule has 2 rings (SSSR count). The molecule has 2 N–H and O–H groups in total. The molecule has 6 heteroatoms. The zero-order valence-corrected chi connectivity index (χ0v) is 12.8. The number of para-hydroxylation sites is 1. The maximum Gasteiger partial charge on any atom is 0.242 e. The molecule has 20 heavy (non-hydrogen) atoms. The summed E-state index contributed by atoms with van der Waals surface area (Å²) in [4.78, 5) is 2.19. The van der Waals surface area contributed by atoms with Gasteiger partial charge in [-0.1, -0.05) is 32.4 Å². The smallest absolute Gasteiger partial charge is 0.242 e. The number of β-amino-alcohol motifs (C(OH)–C–C–N with tert-alkyl or cyclic N) is 1. The number of hydrogen-bond donors (Lipinski definition) is 2. The van der Waals surface area contributed by atoms with E-state index in [9.17, 15) is 13.5 Å². The van der Waals surface area contributed by atoms with Crippen LogP contribution in [0.4, 0.5) is 5.69 Å². The van der Waals surface area contributed by atoms with Crippen LogP contribution >= 0.6 is 0 Å². The molecule has 1 aromatic carbocycles. The van der Waals surface area contributed by atoms with Gasteiger partial charge in [-0.25, -0.2) is 13.1 Å². The Labute approximate surface area is 120 Å². The molecule has 0 saturated carbocycles. The molecule has 1 saturated heterocycles. The number of sulfonamides is 1. The van der Waals surface area contributed by atoms with Gasteiger partial charge in [0.1, 0.15) is 4.90 Å². The van der Waals surface area contributed by atoms with E-state index in [2.05, 4.69) is 4.72 Å². The Kier molecular flexibility index (Phi) is 4.36. The van der Waals surface area contributed by atoms with Crippen LogP contribution in [0.15, 0.2) is 29.2 Å². The fourth-order valence-electron chi connectivity index (χ4n) is 2.67. The highest BCUT2D eigenvalue weighted by Gasteiger charge is 2.41. The highest BCUT2D eigenvalue weighted by molar-refractivity contribution is 7.89. The number of anilines is 1. The third-order valence-corrected chi connectivity index (χ3v) is 5.11. The minimum Gasteiger partial charge on any atom is -0.386 e. The Morgan fingerprint density at radius 1 is 1.30 bits per heavy atom. The normalized spacial score (nSPS) is 17.9. The second kappa shape index (κ2) is 5.71. The van der Waals surface area contributed by atoms with Crippen molar-refractivity contribution < 1.29 is 13.5 Å². The van der Waals surface area contributed by atoms with Crippen molar-refractivity contribution in [3.8, 4) is 0 Å². The van der Waals surface area contributed by atoms with Gasteiger partial charge in [-0.2, -0.15) is 0 Å². The maximum atomic E-state index is 12.2. The average Bonchev–Trinajstić information content (AvgIpc) is 2.36. The van der Waals surface area contributed by atoms with Gasteiger partial charge in [-0.05, 0) is 18.6 Å². The predicted molar refractivity (Wildman–Crippen MR) is 79.4 cm³/mol. The van der Waals surface area contributed by atoms with E-state index in [4.69, 9.17) is 0 Å². The van der Waals surface area contributed by atoms with Crippen molar-refractivity contribution in [2.24, 2.45) is 0 Å². The number of hydrogen-bond acceptors (Lipinski definition) is 4. The molecule has 1 aliphatic heterocycles. The summed E-state index contributed by atoms with van der Waals surface area (Å²) in [6.07, 6.45) is 1.66. The first-order valence-corrected chi connectivity index (χ1v) is 8.46. The lowest BCUT2D eigenvalue weighted by Crippen LogP contribution is -2.62. The van der Waals surface area contributed by atoms with Crippen LogP contribution in [0.25, 0.3) is 0 Å². The lowest BCUT2D eigenvalue weighted by atomic mass is 9.89. The number of aliphatic hydroxyl groups is 1. The van der Waals surface area contributed by atoms with E-state index in [1.54, 1.807) is 25.1 Å². The van der Waals surface area contributed by atoms with Gasteiger partial charge in [0.15, 0.2) is 0 Å². The van der Waals surface area contributed by atoms with E-state index in [-0.39, 0.29) is 4.90 Å². The van der Waals surface area contributed by atoms with Crippen molar-refractivity contribution in [2.75, 3.05) is 24.5 Å². The van der Waals surface area contributed by atoms with Gasteiger partial charge in [-0.3, -0.25) is 0 Å². The minimum atomic E-state index is -3.49. The fraction of sp³-hybridized carbons (Fsp3) is 0.571. The topological polar surface area (TPSA) is 69.6 Å². The largest absolute Gasteiger partial charge is 0.386 e. The third kappa shape index (κ3) is 2.97. The summed E-state index contributed by atoms with van der Waals surface area (Å²) in [6, 6.07) is 6.92. The molecular formula is C14H22N2O3S. The average molecular weight is 298 g/mol. The Morgan fingerprint density at radius 3 is 2.55 bits per heavy atom. The number of benzene rings is 1. The summed E-state index contributed by atoms with van der Waals surface area (Å²) in [5.74, 6) is 0. The Morgan fingerprint density at radius 2 is 1.95 bits per heavy atom. The Hall–Kier alpha value is -1.11. The first-order valence-electron chi connectivity index (χ1n) is 6.98. The van der Waals surface area contributed by atoms with Crippen LogP contribution in [0.1, 0.15) is 26.7 Å². The van der Waals surface area contributed by atoms with Gasteiger partial charge in [0.05, 0.1) is 11.3 Å². The van der Waals surface area contributed by atoms with Gasteiger partial charge in [-0.15, -0.1) is 0 Å². The zero-order chi connectivity index (χ0) is 14.8. The van der Waals surface area contributed by atoms with Crippen molar-refractivity contribution in [3.05, 3.63) is 24.3 Å². The van der Waals surface area contributed by atoms with Gasteiger partial charge in [0.2, 0.25) is 10.0 Å². The molecule has 0 unspecified atom stereocenters. The first-order chi connectivity index (χ1) is 9.42. The lowest BCUT2D eigenvalue weighted by molar-refractivity contribution is 0.00310. The molecule has 0 spiro atoms. The quantitative estimate of drug-likeness (QED) is 0.831. The Bertz CT molecular complexity index is 566. The zero-order valence-electron chi connectivity index (χ0n) is 12.0. The van der Waals surface area contributed by atoms with E-state index in [1.807, 2.05) is 17.9 Å². The van der Waals surface area contributed by atoms with E-state index in [0.717, 1.165) is 12.8 Å². The van der Waals surface area contributed by atoms with Crippen LogP contribution in [0, 0.1) is 0 Å². The monoisotopic (exact) mass is 298 g/mol. The van der Waals surface area contributed by atoms with E-state index in [0.29, 0.717) is 25.3 Å². The standard InChI is InChI=1S/C14H22N2O3S/c1-3-9-14(17)10-16(11-14)12-7-5-6-8-13(12)20(18,19)15-4-2/h5-8,15,17H,3-4,9-11H2,1-2H3. The third-order valence-electron chi connectivity index (χ3n) is 3.52. The number of rotatable bonds is 6. The molecule has 0 aromatic heterocycles. The van der Waals surface area contributed by atoms with Crippen molar-refractivity contribution >= 4 is 15.7 Å². The second-order valence-corrected chi connectivity index (χ2v) is 7.03. The summed E-state index contributed by atoms with van der Waals surface area (Å²) in [7, 11) is -3.49. The van der Waals surface area contributed by atoms with Crippen molar-refractivity contribution in [2.45, 2.75) is 37.2 Å². The SMILES string of the molecule is CCCC1(O)CN(c2ccccc2S(=O)(=O)NCC)C1. The molecule has 0 bridgehead atoms. The van der Waals surface area contributed by atoms with Crippen LogP contribution in [0.2, 0.25) is 0 Å². The summed E-state index contributed by atoms with van der Waals surface area (Å²) < 4.78 is 26.9. The Balaban J connectivity index is 2.23. The van der Waals surface area contributed by atoms with Gasteiger partial charge in [0, 0.05) is 19.6 Å². The molecule has 5 nitrogen and oxygen atoms in total. The van der Waals surface area contributed by atoms with Crippen molar-refractivity contribution in [1.82, 2.24) is 4.72 Å². The van der Waals surface area contributed by atoms with Crippen LogP contribution in [0.5, 0.6) is 0 Å². The molecular weight excluding hydrogens is 276 g/mol. The molecule has 0 atom stereocenters. The van der Waals surface area contributed by atoms with Crippen LogP contribution in [-0.4, -0.2) is 38.8 Å². The molecule has 1 heterocycles. The molecule has 1 fully saturated rings. The highest BCUT2D eigenvalue weighted by Crippen LogP contribution is 2.34. The van der Waals surface area contributed by atoms with Crippen LogP contribution in [-0.2, 0) is 10.0 Å². The van der Waals surface area contributed by atoms with Crippen LogP contribution < -0.4 is 9.62 Å². The molecule has 112 valence electrons. The van der Waals surface area contributed by atoms with E-state index in [1.165, 1.54) is 0 Å². The molecule has 0 amide bonds. The van der Waals surface area contributed by atoms with Gasteiger partial charge in [0.25, 0.3) is 0 Å². The summed E-state index contributed by atoms with van der Waals surface area (Å²) in [5, 5.41) is 10.2. The molecule has 1 aromatic rings. The molecule has 1 aliphatic rings. The molecule has 0 aliphatic carbocycles. The predicted octanol–water partition coefficient (Wildman–Crippen LogP) is 1.34. The lowest BCUT2D eigenvalue weighted by Gasteiger charge is -2.48. The first kappa shape index (κ1) is 15.3. The minimum absolute atomic E-state index is 0.278. The fourth-order valence-corrected chi connectivity index (χ4v) is 3.94.